The van der Waals surface area contributed by atoms with E-state index in [0.717, 1.165) is 0 Å². The lowest BCUT2D eigenvalue weighted by Gasteiger charge is -2.05. The van der Waals surface area contributed by atoms with Gasteiger partial charge in [0.15, 0.2) is 0 Å². The van der Waals surface area contributed by atoms with Crippen LogP contribution in [0.15, 0.2) is 48.5 Å². The topological polar surface area (TPSA) is 125 Å². The Bertz CT molecular complexity index is 845. The maximum absolute atomic E-state index is 11.9. The van der Waals surface area contributed by atoms with Crippen molar-refractivity contribution < 1.29 is 19.4 Å². The molecule has 0 heterocycles. The third-order valence-electron chi connectivity index (χ3n) is 3.19. The molecular formula is C16H13N3O6. The zero-order valence-corrected chi connectivity index (χ0v) is 13.0. The number of carbonyl (C=O) groups excluding carboxylic acids is 1. The van der Waals surface area contributed by atoms with E-state index in [1.165, 1.54) is 61.7 Å². The first-order chi connectivity index (χ1) is 11.9. The van der Waals surface area contributed by atoms with Crippen molar-refractivity contribution in [1.82, 2.24) is 0 Å². The van der Waals surface area contributed by atoms with Gasteiger partial charge in [0, 0.05) is 18.2 Å². The number of nitrogens with one attached hydrogen (secondary N) is 1. The molecule has 0 bridgehead atoms. The Hall–Kier alpha value is -3.75. The second-order valence-corrected chi connectivity index (χ2v) is 4.81. The zero-order valence-electron chi connectivity index (χ0n) is 13.0. The average molecular weight is 343 g/mol. The molecule has 0 radical (unpaired) electrons. The molecule has 1 amide bonds. The van der Waals surface area contributed by atoms with Crippen LogP contribution in [0.2, 0.25) is 0 Å². The molecule has 0 aromatic heterocycles. The van der Waals surface area contributed by atoms with Crippen LogP contribution in [0.4, 0.5) is 17.1 Å². The van der Waals surface area contributed by atoms with Crippen LogP contribution in [0.1, 0.15) is 5.56 Å². The molecule has 2 rings (SSSR count). The second-order valence-electron chi connectivity index (χ2n) is 4.81. The van der Waals surface area contributed by atoms with Gasteiger partial charge in [0.2, 0.25) is 5.91 Å². The van der Waals surface area contributed by atoms with E-state index in [2.05, 4.69) is 5.32 Å². The molecule has 0 unspecified atom stereocenters. The average Bonchev–Trinajstić information content (AvgIpc) is 2.60. The Morgan fingerprint density at radius 1 is 1.08 bits per heavy atom. The monoisotopic (exact) mass is 343 g/mol. The number of rotatable bonds is 6. The molecule has 9 heteroatoms. The molecule has 0 aliphatic heterocycles. The van der Waals surface area contributed by atoms with Gasteiger partial charge >= 0.3 is 0 Å². The number of benzene rings is 2. The summed E-state index contributed by atoms with van der Waals surface area (Å²) in [6.07, 6.45) is 2.61. The summed E-state index contributed by atoms with van der Waals surface area (Å²) in [5.74, 6) is -0.280. The van der Waals surface area contributed by atoms with E-state index in [0.29, 0.717) is 11.3 Å². The number of amides is 1. The van der Waals surface area contributed by atoms with Crippen LogP contribution < -0.4 is 10.1 Å². The fraction of sp³-hybridized carbons (Fsp3) is 0.0625. The third-order valence-corrected chi connectivity index (χ3v) is 3.19. The van der Waals surface area contributed by atoms with Gasteiger partial charge in [-0.1, -0.05) is 0 Å². The predicted octanol–water partition coefficient (Wildman–Crippen LogP) is 3.16. The van der Waals surface area contributed by atoms with Crippen LogP contribution in [-0.4, -0.2) is 22.9 Å². The van der Waals surface area contributed by atoms with E-state index in [-0.39, 0.29) is 17.1 Å². The van der Waals surface area contributed by atoms with Crippen molar-refractivity contribution in [3.8, 4) is 5.75 Å². The van der Waals surface area contributed by atoms with Crippen molar-refractivity contribution in [2.45, 2.75) is 0 Å². The second kappa shape index (κ2) is 7.68. The highest BCUT2D eigenvalue weighted by Crippen LogP contribution is 2.28. The third kappa shape index (κ3) is 4.61. The van der Waals surface area contributed by atoms with E-state index in [1.54, 1.807) is 0 Å². The lowest BCUT2D eigenvalue weighted by atomic mass is 10.2. The van der Waals surface area contributed by atoms with Gasteiger partial charge in [-0.15, -0.1) is 0 Å². The number of non-ortho nitro benzene ring substituents is 1. The van der Waals surface area contributed by atoms with Crippen molar-refractivity contribution in [3.05, 3.63) is 74.3 Å². The van der Waals surface area contributed by atoms with Gasteiger partial charge in [0.1, 0.15) is 11.4 Å². The van der Waals surface area contributed by atoms with Crippen molar-refractivity contribution in [3.63, 3.8) is 0 Å². The summed E-state index contributed by atoms with van der Waals surface area (Å²) < 4.78 is 4.92. The molecular weight excluding hydrogens is 330 g/mol. The van der Waals surface area contributed by atoms with Crippen LogP contribution >= 0.6 is 0 Å². The van der Waals surface area contributed by atoms with E-state index in [1.807, 2.05) is 0 Å². The first-order valence-corrected chi connectivity index (χ1v) is 6.96. The van der Waals surface area contributed by atoms with Gasteiger partial charge in [-0.25, -0.2) is 0 Å². The molecule has 0 saturated carbocycles. The Morgan fingerprint density at radius 2 is 1.76 bits per heavy atom. The quantitative estimate of drug-likeness (QED) is 0.488. The maximum Gasteiger partial charge on any atom is 0.296 e. The van der Waals surface area contributed by atoms with E-state index < -0.39 is 15.8 Å². The minimum Gasteiger partial charge on any atom is -0.496 e. The number of nitro groups is 2. The number of anilines is 1. The molecule has 2 aromatic carbocycles. The summed E-state index contributed by atoms with van der Waals surface area (Å²) in [7, 11) is 1.38. The van der Waals surface area contributed by atoms with Gasteiger partial charge in [0.25, 0.3) is 11.4 Å². The number of nitrogens with zero attached hydrogens (tertiary/aromatic N) is 2. The fourth-order valence-corrected chi connectivity index (χ4v) is 1.95. The van der Waals surface area contributed by atoms with Crippen LogP contribution in [0, 0.1) is 20.2 Å². The van der Waals surface area contributed by atoms with Crippen LogP contribution in [0.25, 0.3) is 6.08 Å². The Labute approximate surface area is 141 Å². The molecule has 2 aromatic rings. The highest BCUT2D eigenvalue weighted by molar-refractivity contribution is 6.03. The molecule has 9 nitrogen and oxygen atoms in total. The number of ether oxygens (including phenoxy) is 1. The highest BCUT2D eigenvalue weighted by atomic mass is 16.6. The predicted molar refractivity (Wildman–Crippen MR) is 90.4 cm³/mol. The molecule has 0 fully saturated rings. The summed E-state index contributed by atoms with van der Waals surface area (Å²) in [5, 5.41) is 24.0. The molecule has 0 spiro atoms. The van der Waals surface area contributed by atoms with Crippen LogP contribution in [-0.2, 0) is 4.79 Å². The van der Waals surface area contributed by atoms with Gasteiger partial charge in [-0.2, -0.15) is 0 Å². The molecule has 25 heavy (non-hydrogen) atoms. The molecule has 0 atom stereocenters. The molecule has 1 N–H and O–H groups in total. The lowest BCUT2D eigenvalue weighted by Crippen LogP contribution is -2.09. The number of carbonyl (C=O) groups is 1. The molecule has 128 valence electrons. The van der Waals surface area contributed by atoms with Gasteiger partial charge in [-0.3, -0.25) is 25.0 Å². The standard InChI is InChI=1S/C16H13N3O6/c1-25-13-7-8-14(15(10-13)19(23)24)17-16(20)9-4-11-2-5-12(6-3-11)18(21)22/h2-10H,1H3,(H,17,20)/b9-4+. The first kappa shape index (κ1) is 17.6. The smallest absolute Gasteiger partial charge is 0.296 e. The highest BCUT2D eigenvalue weighted by Gasteiger charge is 2.16. The Balaban J connectivity index is 2.12. The van der Waals surface area contributed by atoms with E-state index in [4.69, 9.17) is 4.74 Å². The van der Waals surface area contributed by atoms with Crippen molar-refractivity contribution in [1.29, 1.82) is 0 Å². The summed E-state index contributed by atoms with van der Waals surface area (Å²) >= 11 is 0. The van der Waals surface area contributed by atoms with E-state index in [9.17, 15) is 25.0 Å². The SMILES string of the molecule is COc1ccc(NC(=O)/C=C/c2ccc([N+](=O)[O-])cc2)c([N+](=O)[O-])c1. The van der Waals surface area contributed by atoms with Gasteiger partial charge in [-0.05, 0) is 35.9 Å². The molecule has 0 saturated heterocycles. The molecule has 0 aliphatic carbocycles. The Morgan fingerprint density at radius 3 is 2.32 bits per heavy atom. The lowest BCUT2D eigenvalue weighted by molar-refractivity contribution is -0.384. The Kier molecular flexibility index (Phi) is 5.41. The van der Waals surface area contributed by atoms with E-state index >= 15 is 0 Å². The van der Waals surface area contributed by atoms with Crippen molar-refractivity contribution in [2.24, 2.45) is 0 Å². The summed E-state index contributed by atoms with van der Waals surface area (Å²) in [4.78, 5) is 32.4. The summed E-state index contributed by atoms with van der Waals surface area (Å²) in [6, 6.07) is 9.65. The largest absolute Gasteiger partial charge is 0.496 e. The summed E-state index contributed by atoms with van der Waals surface area (Å²) in [6.45, 7) is 0. The van der Waals surface area contributed by atoms with Gasteiger partial charge in [0.05, 0.1) is 23.0 Å². The van der Waals surface area contributed by atoms with Gasteiger partial charge < -0.3 is 10.1 Å². The number of hydrogen-bond donors (Lipinski definition) is 1. The van der Waals surface area contributed by atoms with Crippen LogP contribution in [0.3, 0.4) is 0 Å². The fourth-order valence-electron chi connectivity index (χ4n) is 1.95. The van der Waals surface area contributed by atoms with Crippen molar-refractivity contribution in [2.75, 3.05) is 12.4 Å². The number of hydrogen-bond acceptors (Lipinski definition) is 6. The summed E-state index contributed by atoms with van der Waals surface area (Å²) in [5.41, 5.74) is 0.251. The zero-order chi connectivity index (χ0) is 18.4. The molecule has 0 aliphatic rings. The minimum atomic E-state index is -0.627. The minimum absolute atomic E-state index is 0.0316. The normalized spacial score (nSPS) is 10.4. The maximum atomic E-state index is 11.9. The number of methoxy groups -OCH3 is 1. The van der Waals surface area contributed by atoms with Crippen LogP contribution in [0.5, 0.6) is 5.75 Å². The number of nitro benzene ring substituents is 2. The van der Waals surface area contributed by atoms with Crippen molar-refractivity contribution >= 4 is 29.0 Å². The first-order valence-electron chi connectivity index (χ1n) is 6.96.